The Hall–Kier alpha value is -2.04. The number of imide groups is 1. The van der Waals surface area contributed by atoms with Crippen molar-refractivity contribution in [1.29, 1.82) is 0 Å². The molecular weight excluding hydrogens is 170 g/mol. The van der Waals surface area contributed by atoms with Crippen LogP contribution in [-0.2, 0) is 9.59 Å². The quantitative estimate of drug-likeness (QED) is 0.559. The number of aromatic nitrogens is 2. The van der Waals surface area contributed by atoms with Gasteiger partial charge < -0.3 is 0 Å². The van der Waals surface area contributed by atoms with Crippen molar-refractivity contribution in [2.75, 3.05) is 4.90 Å². The number of anilines is 1. The number of nitrogens with zero attached hydrogens (tertiary/aromatic N) is 3. The fraction of sp³-hybridized carbons (Fsp3) is 0. The molecule has 0 saturated heterocycles. The lowest BCUT2D eigenvalue weighted by atomic mass is 10.5. The van der Waals surface area contributed by atoms with E-state index in [4.69, 9.17) is 0 Å². The first-order chi connectivity index (χ1) is 6.29. The molecule has 5 heteroatoms. The van der Waals surface area contributed by atoms with Gasteiger partial charge in [-0.1, -0.05) is 0 Å². The van der Waals surface area contributed by atoms with E-state index in [1.165, 1.54) is 30.7 Å². The third-order valence-corrected chi connectivity index (χ3v) is 1.59. The summed E-state index contributed by atoms with van der Waals surface area (Å²) in [5, 5.41) is 0. The summed E-state index contributed by atoms with van der Waals surface area (Å²) >= 11 is 0. The summed E-state index contributed by atoms with van der Waals surface area (Å²) in [6.07, 6.45) is 6.67. The standard InChI is InChI=1S/C8H5N3O2/c12-7-1-2-8(13)11(7)6-5-9-3-4-10-6/h1-5H. The van der Waals surface area contributed by atoms with Gasteiger partial charge in [-0.05, 0) is 0 Å². The van der Waals surface area contributed by atoms with Crippen LogP contribution in [-0.4, -0.2) is 21.8 Å². The van der Waals surface area contributed by atoms with Gasteiger partial charge in [0.05, 0.1) is 6.20 Å². The highest BCUT2D eigenvalue weighted by molar-refractivity contribution is 6.27. The van der Waals surface area contributed by atoms with Crippen LogP contribution in [0.4, 0.5) is 5.82 Å². The van der Waals surface area contributed by atoms with E-state index in [2.05, 4.69) is 9.97 Å². The van der Waals surface area contributed by atoms with Crippen molar-refractivity contribution in [3.63, 3.8) is 0 Å². The summed E-state index contributed by atoms with van der Waals surface area (Å²) in [5.74, 6) is -0.515. The molecule has 0 atom stereocenters. The van der Waals surface area contributed by atoms with Crippen molar-refractivity contribution in [3.05, 3.63) is 30.7 Å². The van der Waals surface area contributed by atoms with Gasteiger partial charge >= 0.3 is 0 Å². The van der Waals surface area contributed by atoms with Crippen LogP contribution < -0.4 is 4.90 Å². The monoisotopic (exact) mass is 175 g/mol. The first-order valence-electron chi connectivity index (χ1n) is 3.61. The van der Waals surface area contributed by atoms with Gasteiger partial charge in [-0.25, -0.2) is 9.88 Å². The number of rotatable bonds is 1. The Morgan fingerprint density at radius 3 is 2.31 bits per heavy atom. The smallest absolute Gasteiger partial charge is 0.259 e. The molecule has 0 spiro atoms. The van der Waals surface area contributed by atoms with Crippen LogP contribution in [0.3, 0.4) is 0 Å². The largest absolute Gasteiger partial charge is 0.269 e. The lowest BCUT2D eigenvalue weighted by Gasteiger charge is -2.10. The topological polar surface area (TPSA) is 63.2 Å². The Morgan fingerprint density at radius 1 is 1.08 bits per heavy atom. The molecule has 1 aromatic heterocycles. The molecule has 1 aliphatic heterocycles. The second kappa shape index (κ2) is 2.78. The van der Waals surface area contributed by atoms with Crippen molar-refractivity contribution in [3.8, 4) is 0 Å². The Morgan fingerprint density at radius 2 is 1.77 bits per heavy atom. The second-order valence-corrected chi connectivity index (χ2v) is 2.41. The number of carbonyl (C=O) groups excluding carboxylic acids is 2. The third-order valence-electron chi connectivity index (χ3n) is 1.59. The molecule has 0 saturated carbocycles. The summed E-state index contributed by atoms with van der Waals surface area (Å²) < 4.78 is 0. The van der Waals surface area contributed by atoms with Crippen LogP contribution >= 0.6 is 0 Å². The zero-order valence-corrected chi connectivity index (χ0v) is 6.54. The fourth-order valence-electron chi connectivity index (χ4n) is 1.03. The van der Waals surface area contributed by atoms with Crippen LogP contribution in [0.15, 0.2) is 30.7 Å². The normalized spacial score (nSPS) is 15.5. The van der Waals surface area contributed by atoms with Gasteiger partial charge in [-0.3, -0.25) is 14.6 Å². The third kappa shape index (κ3) is 1.20. The van der Waals surface area contributed by atoms with Crippen molar-refractivity contribution in [2.45, 2.75) is 0 Å². The first kappa shape index (κ1) is 7.60. The molecule has 64 valence electrons. The van der Waals surface area contributed by atoms with E-state index in [-0.39, 0.29) is 17.6 Å². The predicted octanol–water partition coefficient (Wildman–Crippen LogP) is -0.0940. The summed E-state index contributed by atoms with van der Waals surface area (Å²) in [6, 6.07) is 0. The molecule has 0 aromatic carbocycles. The molecule has 0 bridgehead atoms. The number of carbonyl (C=O) groups is 2. The molecule has 2 amide bonds. The zero-order valence-electron chi connectivity index (χ0n) is 6.54. The van der Waals surface area contributed by atoms with Crippen molar-refractivity contribution >= 4 is 17.6 Å². The maximum absolute atomic E-state index is 11.1. The number of amides is 2. The van der Waals surface area contributed by atoms with E-state index in [1.807, 2.05) is 0 Å². The van der Waals surface area contributed by atoms with Crippen LogP contribution in [0.25, 0.3) is 0 Å². The maximum Gasteiger partial charge on any atom is 0.259 e. The number of hydrogen-bond acceptors (Lipinski definition) is 4. The molecule has 0 aliphatic carbocycles. The van der Waals surface area contributed by atoms with Gasteiger partial charge in [-0.2, -0.15) is 0 Å². The van der Waals surface area contributed by atoms with Crippen LogP contribution in [0.5, 0.6) is 0 Å². The van der Waals surface area contributed by atoms with E-state index < -0.39 is 0 Å². The molecule has 0 unspecified atom stereocenters. The van der Waals surface area contributed by atoms with Gasteiger partial charge in [0, 0.05) is 24.5 Å². The molecule has 0 fully saturated rings. The van der Waals surface area contributed by atoms with Crippen molar-refractivity contribution < 1.29 is 9.59 Å². The average Bonchev–Trinajstić information content (AvgIpc) is 2.48. The molecule has 2 rings (SSSR count). The SMILES string of the molecule is O=C1C=CC(=O)N1c1cnccn1. The maximum atomic E-state index is 11.1. The molecule has 1 aromatic rings. The van der Waals surface area contributed by atoms with E-state index in [9.17, 15) is 9.59 Å². The van der Waals surface area contributed by atoms with E-state index in [0.29, 0.717) is 0 Å². The van der Waals surface area contributed by atoms with Crippen LogP contribution in [0, 0.1) is 0 Å². The van der Waals surface area contributed by atoms with Crippen LogP contribution in [0.2, 0.25) is 0 Å². The van der Waals surface area contributed by atoms with Crippen LogP contribution in [0.1, 0.15) is 0 Å². The summed E-state index contributed by atoms with van der Waals surface area (Å²) in [6.45, 7) is 0. The van der Waals surface area contributed by atoms with Gasteiger partial charge in [-0.15, -0.1) is 0 Å². The molecule has 1 aliphatic rings. The van der Waals surface area contributed by atoms with Gasteiger partial charge in [0.25, 0.3) is 11.8 Å². The molecule has 5 nitrogen and oxygen atoms in total. The highest BCUT2D eigenvalue weighted by atomic mass is 16.2. The lowest BCUT2D eigenvalue weighted by Crippen LogP contribution is -2.30. The molecule has 0 radical (unpaired) electrons. The zero-order chi connectivity index (χ0) is 9.26. The van der Waals surface area contributed by atoms with Gasteiger partial charge in [0.15, 0.2) is 5.82 Å². The highest BCUT2D eigenvalue weighted by Crippen LogP contribution is 2.13. The van der Waals surface area contributed by atoms with Crippen molar-refractivity contribution in [2.24, 2.45) is 0 Å². The fourth-order valence-corrected chi connectivity index (χ4v) is 1.03. The molecule has 2 heterocycles. The minimum Gasteiger partial charge on any atom is -0.269 e. The molecule has 0 N–H and O–H groups in total. The summed E-state index contributed by atoms with van der Waals surface area (Å²) in [7, 11) is 0. The Bertz CT molecular complexity index is 368. The Labute approximate surface area is 73.7 Å². The average molecular weight is 175 g/mol. The second-order valence-electron chi connectivity index (χ2n) is 2.41. The number of hydrogen-bond donors (Lipinski definition) is 0. The van der Waals surface area contributed by atoms with E-state index >= 15 is 0 Å². The summed E-state index contributed by atoms with van der Waals surface area (Å²) in [4.78, 5) is 30.8. The Balaban J connectivity index is 2.38. The minimum absolute atomic E-state index is 0.252. The van der Waals surface area contributed by atoms with E-state index in [1.54, 1.807) is 0 Å². The summed E-state index contributed by atoms with van der Waals surface area (Å²) in [5.41, 5.74) is 0. The van der Waals surface area contributed by atoms with Crippen molar-refractivity contribution in [1.82, 2.24) is 9.97 Å². The Kier molecular flexibility index (Phi) is 1.63. The minimum atomic E-state index is -0.384. The molecule has 13 heavy (non-hydrogen) atoms. The van der Waals surface area contributed by atoms with Gasteiger partial charge in [0.1, 0.15) is 0 Å². The predicted molar refractivity (Wildman–Crippen MR) is 43.7 cm³/mol. The molecular formula is C8H5N3O2. The highest BCUT2D eigenvalue weighted by Gasteiger charge is 2.25. The van der Waals surface area contributed by atoms with Gasteiger partial charge in [0.2, 0.25) is 0 Å². The van der Waals surface area contributed by atoms with E-state index in [0.717, 1.165) is 4.90 Å². The first-order valence-corrected chi connectivity index (χ1v) is 3.61. The lowest BCUT2D eigenvalue weighted by molar-refractivity contribution is -0.120.